The van der Waals surface area contributed by atoms with Gasteiger partial charge in [0, 0.05) is 10.5 Å². The van der Waals surface area contributed by atoms with Gasteiger partial charge in [0.1, 0.15) is 0 Å². The smallest absolute Gasteiger partial charge is 0.0798 e. The van der Waals surface area contributed by atoms with Crippen LogP contribution in [0.4, 0.5) is 0 Å². The first-order valence-corrected chi connectivity index (χ1v) is 5.91. The molecule has 2 bridgehead atoms. The lowest BCUT2D eigenvalue weighted by Crippen LogP contribution is -2.42. The maximum Gasteiger partial charge on any atom is 0.0798 e. The summed E-state index contributed by atoms with van der Waals surface area (Å²) in [6.07, 6.45) is 5.76. The van der Waals surface area contributed by atoms with Gasteiger partial charge in [0.15, 0.2) is 0 Å². The highest BCUT2D eigenvalue weighted by atomic mass is 32.2. The Balaban J connectivity index is 2.05. The van der Waals surface area contributed by atoms with E-state index in [4.69, 9.17) is 5.26 Å². The van der Waals surface area contributed by atoms with E-state index in [2.05, 4.69) is 6.07 Å². The Morgan fingerprint density at radius 2 is 2.00 bits per heavy atom. The molecule has 0 amide bonds. The average Bonchev–Trinajstić information content (AvgIpc) is 2.02. The Morgan fingerprint density at radius 1 is 1.38 bits per heavy atom. The number of hydrogen-bond acceptors (Lipinski definition) is 3. The van der Waals surface area contributed by atoms with Gasteiger partial charge < -0.3 is 5.11 Å². The van der Waals surface area contributed by atoms with Gasteiger partial charge >= 0.3 is 0 Å². The third kappa shape index (κ3) is 2.00. The zero-order chi connectivity index (χ0) is 9.31. The van der Waals surface area contributed by atoms with Gasteiger partial charge in [0.25, 0.3) is 0 Å². The SMILES string of the molecule is N#CCC1(O)CC2CCCC(C1)S2. The van der Waals surface area contributed by atoms with Crippen LogP contribution >= 0.6 is 11.8 Å². The molecule has 2 unspecified atom stereocenters. The summed E-state index contributed by atoms with van der Waals surface area (Å²) in [6, 6.07) is 2.11. The first kappa shape index (κ1) is 9.36. The van der Waals surface area contributed by atoms with E-state index in [-0.39, 0.29) is 0 Å². The van der Waals surface area contributed by atoms with Crippen molar-refractivity contribution in [3.63, 3.8) is 0 Å². The summed E-state index contributed by atoms with van der Waals surface area (Å²) in [5.41, 5.74) is -0.657. The lowest BCUT2D eigenvalue weighted by Gasteiger charge is -2.42. The molecule has 2 aliphatic heterocycles. The average molecular weight is 197 g/mol. The van der Waals surface area contributed by atoms with Gasteiger partial charge in [-0.3, -0.25) is 0 Å². The normalized spacial score (nSPS) is 44.0. The molecule has 0 aromatic heterocycles. The standard InChI is InChI=1S/C10H15NOS/c11-5-4-10(12)6-8-2-1-3-9(7-10)13-8/h8-9,12H,1-4,6-7H2. The molecule has 2 fully saturated rings. The van der Waals surface area contributed by atoms with Crippen LogP contribution in [0.5, 0.6) is 0 Å². The van der Waals surface area contributed by atoms with Gasteiger partial charge in [0.05, 0.1) is 18.1 Å². The fraction of sp³-hybridized carbons (Fsp3) is 0.900. The van der Waals surface area contributed by atoms with Crippen molar-refractivity contribution in [2.45, 2.75) is 54.6 Å². The van der Waals surface area contributed by atoms with E-state index in [0.29, 0.717) is 16.9 Å². The monoisotopic (exact) mass is 197 g/mol. The van der Waals surface area contributed by atoms with E-state index < -0.39 is 5.60 Å². The van der Waals surface area contributed by atoms with Crippen LogP contribution in [-0.4, -0.2) is 21.2 Å². The molecule has 0 aromatic rings. The van der Waals surface area contributed by atoms with Crippen molar-refractivity contribution < 1.29 is 5.11 Å². The molecule has 0 saturated carbocycles. The zero-order valence-corrected chi connectivity index (χ0v) is 8.52. The molecule has 2 rings (SSSR count). The highest BCUT2D eigenvalue weighted by Gasteiger charge is 2.41. The van der Waals surface area contributed by atoms with Crippen LogP contribution in [0.25, 0.3) is 0 Å². The minimum absolute atomic E-state index is 0.320. The molecule has 72 valence electrons. The van der Waals surface area contributed by atoms with Crippen molar-refractivity contribution in [2.75, 3.05) is 0 Å². The summed E-state index contributed by atoms with van der Waals surface area (Å²) in [5.74, 6) is 0. The lowest BCUT2D eigenvalue weighted by atomic mass is 9.84. The van der Waals surface area contributed by atoms with Gasteiger partial charge in [-0.05, 0) is 25.7 Å². The summed E-state index contributed by atoms with van der Waals surface area (Å²) in [7, 11) is 0. The van der Waals surface area contributed by atoms with Crippen LogP contribution in [0.1, 0.15) is 38.5 Å². The largest absolute Gasteiger partial charge is 0.389 e. The number of rotatable bonds is 1. The topological polar surface area (TPSA) is 44.0 Å². The van der Waals surface area contributed by atoms with Crippen molar-refractivity contribution in [1.82, 2.24) is 0 Å². The molecule has 0 radical (unpaired) electrons. The van der Waals surface area contributed by atoms with Crippen molar-refractivity contribution in [1.29, 1.82) is 5.26 Å². The van der Waals surface area contributed by atoms with Crippen LogP contribution < -0.4 is 0 Å². The second-order valence-corrected chi connectivity index (χ2v) is 5.88. The summed E-state index contributed by atoms with van der Waals surface area (Å²) in [4.78, 5) is 0. The predicted molar refractivity (Wildman–Crippen MR) is 53.4 cm³/mol. The van der Waals surface area contributed by atoms with E-state index in [1.807, 2.05) is 11.8 Å². The van der Waals surface area contributed by atoms with Gasteiger partial charge in [0.2, 0.25) is 0 Å². The van der Waals surface area contributed by atoms with Crippen LogP contribution in [0, 0.1) is 11.3 Å². The van der Waals surface area contributed by atoms with Gasteiger partial charge in [-0.15, -0.1) is 0 Å². The first-order chi connectivity index (χ1) is 6.22. The number of thioether (sulfide) groups is 1. The number of aliphatic hydroxyl groups is 1. The predicted octanol–water partition coefficient (Wildman–Crippen LogP) is 2.08. The molecule has 2 aliphatic rings. The number of nitrogens with zero attached hydrogens (tertiary/aromatic N) is 1. The maximum atomic E-state index is 10.1. The number of fused-ring (bicyclic) bond motifs is 2. The molecule has 0 aromatic carbocycles. The van der Waals surface area contributed by atoms with Crippen LogP contribution in [0.2, 0.25) is 0 Å². The summed E-state index contributed by atoms with van der Waals surface area (Å²) in [6.45, 7) is 0. The minimum Gasteiger partial charge on any atom is -0.389 e. The highest BCUT2D eigenvalue weighted by Crippen LogP contribution is 2.46. The molecular formula is C10H15NOS. The second-order valence-electron chi connectivity index (χ2n) is 4.28. The van der Waals surface area contributed by atoms with E-state index in [9.17, 15) is 5.11 Å². The molecule has 0 aliphatic carbocycles. The lowest BCUT2D eigenvalue weighted by molar-refractivity contribution is 0.0171. The molecule has 13 heavy (non-hydrogen) atoms. The van der Waals surface area contributed by atoms with Crippen molar-refractivity contribution in [3.05, 3.63) is 0 Å². The van der Waals surface area contributed by atoms with Crippen LogP contribution in [0.15, 0.2) is 0 Å². The van der Waals surface area contributed by atoms with Crippen molar-refractivity contribution >= 4 is 11.8 Å². The van der Waals surface area contributed by atoms with Gasteiger partial charge in [-0.1, -0.05) is 6.42 Å². The van der Waals surface area contributed by atoms with E-state index in [1.54, 1.807) is 0 Å². The second kappa shape index (κ2) is 3.51. The Morgan fingerprint density at radius 3 is 2.54 bits per heavy atom. The molecule has 3 heteroatoms. The van der Waals surface area contributed by atoms with Crippen LogP contribution in [-0.2, 0) is 0 Å². The maximum absolute atomic E-state index is 10.1. The molecule has 2 atom stereocenters. The molecule has 0 spiro atoms. The Kier molecular flexibility index (Phi) is 2.53. The van der Waals surface area contributed by atoms with Gasteiger partial charge in [-0.2, -0.15) is 17.0 Å². The number of hydrogen-bond donors (Lipinski definition) is 1. The van der Waals surface area contributed by atoms with Crippen molar-refractivity contribution in [3.8, 4) is 6.07 Å². The van der Waals surface area contributed by atoms with Gasteiger partial charge in [-0.25, -0.2) is 0 Å². The fourth-order valence-electron chi connectivity index (χ4n) is 2.50. The quantitative estimate of drug-likeness (QED) is 0.700. The van der Waals surface area contributed by atoms with E-state index in [0.717, 1.165) is 12.8 Å². The first-order valence-electron chi connectivity index (χ1n) is 4.97. The zero-order valence-electron chi connectivity index (χ0n) is 7.70. The Bertz CT molecular complexity index is 224. The van der Waals surface area contributed by atoms with Crippen molar-refractivity contribution in [2.24, 2.45) is 0 Å². The Hall–Kier alpha value is -0.200. The van der Waals surface area contributed by atoms with Crippen LogP contribution in [0.3, 0.4) is 0 Å². The Labute approximate surface area is 83.3 Å². The summed E-state index contributed by atoms with van der Waals surface area (Å²) >= 11 is 2.03. The van der Waals surface area contributed by atoms with E-state index in [1.165, 1.54) is 19.3 Å². The minimum atomic E-state index is -0.657. The summed E-state index contributed by atoms with van der Waals surface area (Å²) in [5, 5.41) is 20.0. The third-order valence-electron chi connectivity index (χ3n) is 3.06. The fourth-order valence-corrected chi connectivity index (χ4v) is 4.47. The van der Waals surface area contributed by atoms with E-state index >= 15 is 0 Å². The third-order valence-corrected chi connectivity index (χ3v) is 4.64. The number of nitriles is 1. The highest BCUT2D eigenvalue weighted by molar-refractivity contribution is 8.00. The molecule has 2 saturated heterocycles. The molecule has 2 heterocycles. The summed E-state index contributed by atoms with van der Waals surface area (Å²) < 4.78 is 0. The molecule has 1 N–H and O–H groups in total. The molecular weight excluding hydrogens is 182 g/mol. The molecule has 2 nitrogen and oxygen atoms in total.